The molecular formula is C23H22N3O9PS. The first-order valence-corrected chi connectivity index (χ1v) is 13.5. The van der Waals surface area contributed by atoms with E-state index < -0.39 is 44.1 Å². The van der Waals surface area contributed by atoms with Gasteiger partial charge < -0.3 is 34.6 Å². The lowest BCUT2D eigenvalue weighted by molar-refractivity contribution is -0.138. The summed E-state index contributed by atoms with van der Waals surface area (Å²) in [4.78, 5) is 61.9. The summed E-state index contributed by atoms with van der Waals surface area (Å²) in [5, 5.41) is 13.3. The van der Waals surface area contributed by atoms with E-state index in [0.717, 1.165) is 11.3 Å². The zero-order chi connectivity index (χ0) is 26.6. The van der Waals surface area contributed by atoms with Crippen LogP contribution in [0.15, 0.2) is 54.0 Å². The number of amides is 2. The highest BCUT2D eigenvalue weighted by Crippen LogP contribution is 2.39. The Morgan fingerprint density at radius 1 is 1.08 bits per heavy atom. The number of nitrogens with one attached hydrogen (secondary N) is 1. The predicted molar refractivity (Wildman–Crippen MR) is 130 cm³/mol. The SMILES string of the molecule is O=C(O)CNC(=O)C(c1nccs1)N(Cc1ccc2c(c1)OCO2)C(=O)c1ccc(CP(=O)(O)O)cc1. The molecule has 194 valence electrons. The lowest BCUT2D eigenvalue weighted by Gasteiger charge is -2.30. The fourth-order valence-corrected chi connectivity index (χ4v) is 5.12. The number of hydrogen-bond donors (Lipinski definition) is 4. The molecule has 1 unspecified atom stereocenters. The fourth-order valence-electron chi connectivity index (χ4n) is 3.69. The maximum absolute atomic E-state index is 13.8. The number of aromatic nitrogens is 1. The van der Waals surface area contributed by atoms with Gasteiger partial charge in [0.2, 0.25) is 12.7 Å². The molecule has 37 heavy (non-hydrogen) atoms. The summed E-state index contributed by atoms with van der Waals surface area (Å²) in [7, 11) is -4.30. The van der Waals surface area contributed by atoms with Crippen LogP contribution in [0.25, 0.3) is 0 Å². The summed E-state index contributed by atoms with van der Waals surface area (Å²) in [5.74, 6) is -1.54. The van der Waals surface area contributed by atoms with Crippen molar-refractivity contribution in [2.45, 2.75) is 18.7 Å². The van der Waals surface area contributed by atoms with Crippen molar-refractivity contribution in [1.29, 1.82) is 0 Å². The molecule has 0 bridgehead atoms. The van der Waals surface area contributed by atoms with Gasteiger partial charge in [-0.2, -0.15) is 0 Å². The number of carbonyl (C=O) groups is 3. The molecule has 1 aliphatic heterocycles. The van der Waals surface area contributed by atoms with Gasteiger partial charge in [0.1, 0.15) is 11.6 Å². The second kappa shape index (κ2) is 11.1. The first kappa shape index (κ1) is 26.3. The molecule has 12 nitrogen and oxygen atoms in total. The number of thiazole rings is 1. The number of carboxylic acid groups (broad SMARTS) is 1. The Morgan fingerprint density at radius 2 is 1.78 bits per heavy atom. The van der Waals surface area contributed by atoms with E-state index in [2.05, 4.69) is 10.3 Å². The maximum Gasteiger partial charge on any atom is 0.329 e. The van der Waals surface area contributed by atoms with E-state index in [1.165, 1.54) is 35.4 Å². The van der Waals surface area contributed by atoms with Crippen LogP contribution in [-0.2, 0) is 26.9 Å². The number of carboxylic acids is 1. The van der Waals surface area contributed by atoms with Crippen molar-refractivity contribution in [3.05, 3.63) is 75.7 Å². The minimum atomic E-state index is -4.30. The van der Waals surface area contributed by atoms with E-state index in [1.54, 1.807) is 23.6 Å². The molecule has 2 aromatic carbocycles. The summed E-state index contributed by atoms with van der Waals surface area (Å²) < 4.78 is 22.1. The Hall–Kier alpha value is -3.77. The Balaban J connectivity index is 1.71. The Kier molecular flexibility index (Phi) is 7.89. The van der Waals surface area contributed by atoms with Crippen molar-refractivity contribution in [3.63, 3.8) is 0 Å². The van der Waals surface area contributed by atoms with Gasteiger partial charge in [-0.3, -0.25) is 18.9 Å². The zero-order valence-electron chi connectivity index (χ0n) is 19.1. The van der Waals surface area contributed by atoms with Crippen LogP contribution in [0.4, 0.5) is 0 Å². The monoisotopic (exact) mass is 547 g/mol. The van der Waals surface area contributed by atoms with Gasteiger partial charge in [0.25, 0.3) is 5.91 Å². The summed E-state index contributed by atoms with van der Waals surface area (Å²) in [6.45, 7) is -0.657. The smallest absolute Gasteiger partial charge is 0.329 e. The third-order valence-electron chi connectivity index (χ3n) is 5.30. The second-order valence-electron chi connectivity index (χ2n) is 8.02. The van der Waals surface area contributed by atoms with E-state index in [-0.39, 0.29) is 23.9 Å². The van der Waals surface area contributed by atoms with Crippen LogP contribution in [0, 0.1) is 0 Å². The van der Waals surface area contributed by atoms with Gasteiger partial charge >= 0.3 is 13.6 Å². The first-order chi connectivity index (χ1) is 17.6. The van der Waals surface area contributed by atoms with Crippen LogP contribution in [0.5, 0.6) is 11.5 Å². The number of aliphatic carboxylic acids is 1. The number of hydrogen-bond acceptors (Lipinski definition) is 8. The number of fused-ring (bicyclic) bond motifs is 1. The average molecular weight is 547 g/mol. The van der Waals surface area contributed by atoms with Crippen molar-refractivity contribution >= 4 is 36.7 Å². The Morgan fingerprint density at radius 3 is 2.43 bits per heavy atom. The van der Waals surface area contributed by atoms with E-state index >= 15 is 0 Å². The highest BCUT2D eigenvalue weighted by molar-refractivity contribution is 7.50. The summed E-state index contributed by atoms with van der Waals surface area (Å²) in [6.07, 6.45) is 0.985. The molecule has 1 atom stereocenters. The number of nitrogens with zero attached hydrogens (tertiary/aromatic N) is 2. The third kappa shape index (κ3) is 6.71. The molecule has 4 N–H and O–H groups in total. The molecule has 2 amide bonds. The van der Waals surface area contributed by atoms with Gasteiger partial charge in [-0.1, -0.05) is 18.2 Å². The molecule has 0 saturated heterocycles. The summed E-state index contributed by atoms with van der Waals surface area (Å²) >= 11 is 1.13. The quantitative estimate of drug-likeness (QED) is 0.275. The Bertz CT molecular complexity index is 1340. The Labute approximate surface area is 214 Å². The van der Waals surface area contributed by atoms with E-state index in [1.807, 2.05) is 0 Å². The molecule has 0 radical (unpaired) electrons. The summed E-state index contributed by atoms with van der Waals surface area (Å²) in [5.41, 5.74) is 1.11. The standard InChI is InChI=1S/C23H22N3O9PS/c27-19(28)10-25-21(29)20(22-24-7-8-37-22)26(11-15-3-6-17-18(9-15)35-13-34-17)23(30)16-4-1-14(2-5-16)12-36(31,32)33/h1-9,20H,10-13H2,(H,25,29)(H,27,28)(H2,31,32,33). The number of benzene rings is 2. The minimum Gasteiger partial charge on any atom is -0.480 e. The van der Waals surface area contributed by atoms with Gasteiger partial charge in [-0.25, -0.2) is 4.98 Å². The van der Waals surface area contributed by atoms with Crippen molar-refractivity contribution in [3.8, 4) is 11.5 Å². The molecule has 0 spiro atoms. The van der Waals surface area contributed by atoms with Crippen LogP contribution in [-0.4, -0.2) is 55.9 Å². The molecule has 4 rings (SSSR count). The molecule has 0 aliphatic carbocycles. The highest BCUT2D eigenvalue weighted by atomic mass is 32.1. The van der Waals surface area contributed by atoms with Gasteiger partial charge in [-0.15, -0.1) is 11.3 Å². The summed E-state index contributed by atoms with van der Waals surface area (Å²) in [6, 6.07) is 9.49. The van der Waals surface area contributed by atoms with Gasteiger partial charge in [-0.05, 0) is 35.4 Å². The predicted octanol–water partition coefficient (Wildman–Crippen LogP) is 2.13. The third-order valence-corrected chi connectivity index (χ3v) is 6.90. The zero-order valence-corrected chi connectivity index (χ0v) is 20.9. The maximum atomic E-state index is 13.8. The topological polar surface area (TPSA) is 176 Å². The number of carbonyl (C=O) groups excluding carboxylic acids is 2. The molecule has 1 aromatic heterocycles. The first-order valence-electron chi connectivity index (χ1n) is 10.8. The van der Waals surface area contributed by atoms with Gasteiger partial charge in [0.05, 0.1) is 6.16 Å². The molecule has 0 fully saturated rings. The van der Waals surface area contributed by atoms with Crippen molar-refractivity contribution in [1.82, 2.24) is 15.2 Å². The largest absolute Gasteiger partial charge is 0.480 e. The van der Waals surface area contributed by atoms with Gasteiger partial charge in [0.15, 0.2) is 17.5 Å². The van der Waals surface area contributed by atoms with E-state index in [0.29, 0.717) is 22.6 Å². The average Bonchev–Trinajstić information content (AvgIpc) is 3.53. The number of ether oxygens (including phenoxy) is 2. The molecule has 3 aromatic rings. The van der Waals surface area contributed by atoms with Crippen LogP contribution >= 0.6 is 18.9 Å². The van der Waals surface area contributed by atoms with Crippen LogP contribution in [0.3, 0.4) is 0 Å². The fraction of sp³-hybridized carbons (Fsp3) is 0.217. The van der Waals surface area contributed by atoms with Crippen LogP contribution in [0.1, 0.15) is 32.5 Å². The van der Waals surface area contributed by atoms with E-state index in [9.17, 15) is 28.7 Å². The highest BCUT2D eigenvalue weighted by Gasteiger charge is 2.34. The lowest BCUT2D eigenvalue weighted by Crippen LogP contribution is -2.44. The van der Waals surface area contributed by atoms with Crippen LogP contribution in [0.2, 0.25) is 0 Å². The molecule has 2 heterocycles. The minimum absolute atomic E-state index is 0.0573. The van der Waals surface area contributed by atoms with Gasteiger partial charge in [0, 0.05) is 23.7 Å². The van der Waals surface area contributed by atoms with Crippen LogP contribution < -0.4 is 14.8 Å². The second-order valence-corrected chi connectivity index (χ2v) is 10.6. The molecule has 1 aliphatic rings. The lowest BCUT2D eigenvalue weighted by atomic mass is 10.1. The normalized spacial score (nSPS) is 13.1. The molecular weight excluding hydrogens is 525 g/mol. The van der Waals surface area contributed by atoms with Crippen molar-refractivity contribution < 1.29 is 43.3 Å². The number of rotatable bonds is 10. The van der Waals surface area contributed by atoms with Crippen molar-refractivity contribution in [2.24, 2.45) is 0 Å². The van der Waals surface area contributed by atoms with Crippen molar-refractivity contribution in [2.75, 3.05) is 13.3 Å². The van der Waals surface area contributed by atoms with E-state index in [4.69, 9.17) is 14.6 Å². The molecule has 0 saturated carbocycles. The molecule has 14 heteroatoms.